The first-order chi connectivity index (χ1) is 4.27. The summed E-state index contributed by atoms with van der Waals surface area (Å²) in [6.07, 6.45) is 8.48. The van der Waals surface area contributed by atoms with E-state index in [1.807, 2.05) is 0 Å². The van der Waals surface area contributed by atoms with Gasteiger partial charge in [-0.3, -0.25) is 0 Å². The van der Waals surface area contributed by atoms with Crippen LogP contribution in [0, 0.1) is 6.42 Å². The molecule has 1 saturated carbocycles. The van der Waals surface area contributed by atoms with Gasteiger partial charge in [-0.2, -0.15) is 0 Å². The van der Waals surface area contributed by atoms with E-state index in [0.29, 0.717) is 0 Å². The zero-order valence-electron chi connectivity index (χ0n) is 5.99. The van der Waals surface area contributed by atoms with E-state index in [9.17, 15) is 0 Å². The normalized spacial score (nSPS) is 22.0. The van der Waals surface area contributed by atoms with Gasteiger partial charge in [0.05, 0.1) is 0 Å². The fourth-order valence-electron chi connectivity index (χ4n) is 0.888. The van der Waals surface area contributed by atoms with E-state index >= 15 is 0 Å². The molecular weight excluding hydrogens is 132 g/mol. The van der Waals surface area contributed by atoms with Crippen molar-refractivity contribution in [1.29, 1.82) is 0 Å². The molecule has 1 aliphatic rings. The highest BCUT2D eigenvalue weighted by Crippen LogP contribution is 2.45. The number of rotatable bonds is 4. The molecule has 0 saturated heterocycles. The molecule has 0 spiro atoms. The highest BCUT2D eigenvalue weighted by atomic mass is 35.5. The Bertz CT molecular complexity index is 84.6. The molecule has 0 atom stereocenters. The number of hydrogen-bond acceptors (Lipinski definition) is 0. The first-order valence-electron chi connectivity index (χ1n) is 3.80. The molecule has 0 unspecified atom stereocenters. The maximum absolute atomic E-state index is 6.02. The minimum atomic E-state index is 0.148. The van der Waals surface area contributed by atoms with Crippen LogP contribution in [0.2, 0.25) is 0 Å². The molecular formula is C8H14Cl. The summed E-state index contributed by atoms with van der Waals surface area (Å²) >= 11 is 6.02. The first-order valence-corrected chi connectivity index (χ1v) is 4.18. The first kappa shape index (κ1) is 7.40. The van der Waals surface area contributed by atoms with Crippen LogP contribution in [-0.4, -0.2) is 4.87 Å². The zero-order valence-corrected chi connectivity index (χ0v) is 6.75. The summed E-state index contributed by atoms with van der Waals surface area (Å²) in [6, 6.07) is 0. The van der Waals surface area contributed by atoms with Gasteiger partial charge in [0.1, 0.15) is 0 Å². The Labute approximate surface area is 62.6 Å². The van der Waals surface area contributed by atoms with E-state index in [4.69, 9.17) is 11.6 Å². The Morgan fingerprint density at radius 3 is 2.67 bits per heavy atom. The quantitative estimate of drug-likeness (QED) is 0.421. The van der Waals surface area contributed by atoms with Gasteiger partial charge in [-0.25, -0.2) is 0 Å². The summed E-state index contributed by atoms with van der Waals surface area (Å²) in [5.74, 6) is 0. The second-order valence-electron chi connectivity index (χ2n) is 2.88. The lowest BCUT2D eigenvalue weighted by atomic mass is 10.1. The van der Waals surface area contributed by atoms with Gasteiger partial charge < -0.3 is 0 Å². The van der Waals surface area contributed by atoms with Crippen molar-refractivity contribution in [2.75, 3.05) is 0 Å². The molecule has 0 aromatic rings. The van der Waals surface area contributed by atoms with Crippen LogP contribution in [0.15, 0.2) is 0 Å². The van der Waals surface area contributed by atoms with Gasteiger partial charge in [0.2, 0.25) is 0 Å². The van der Waals surface area contributed by atoms with E-state index < -0.39 is 0 Å². The fraction of sp³-hybridized carbons (Fsp3) is 0.875. The van der Waals surface area contributed by atoms with Crippen molar-refractivity contribution in [1.82, 2.24) is 0 Å². The zero-order chi connectivity index (χ0) is 6.74. The van der Waals surface area contributed by atoms with Crippen molar-refractivity contribution in [3.63, 3.8) is 0 Å². The molecule has 53 valence electrons. The lowest BCUT2D eigenvalue weighted by Gasteiger charge is -2.02. The number of unbranched alkanes of at least 4 members (excludes halogenated alkanes) is 2. The second kappa shape index (κ2) is 2.92. The number of alkyl halides is 1. The Morgan fingerprint density at radius 2 is 2.22 bits per heavy atom. The van der Waals surface area contributed by atoms with Crippen molar-refractivity contribution in [2.24, 2.45) is 0 Å². The molecule has 0 bridgehead atoms. The Balaban J connectivity index is 1.92. The van der Waals surface area contributed by atoms with Gasteiger partial charge >= 0.3 is 0 Å². The lowest BCUT2D eigenvalue weighted by molar-refractivity contribution is 0.752. The van der Waals surface area contributed by atoms with E-state index in [-0.39, 0.29) is 4.87 Å². The largest absolute Gasteiger partial charge is 0.119 e. The van der Waals surface area contributed by atoms with Crippen molar-refractivity contribution in [3.05, 3.63) is 6.42 Å². The van der Waals surface area contributed by atoms with Crippen LogP contribution in [0.5, 0.6) is 0 Å². The Morgan fingerprint density at radius 1 is 1.56 bits per heavy atom. The third-order valence-corrected chi connectivity index (χ3v) is 2.33. The summed E-state index contributed by atoms with van der Waals surface area (Å²) in [6.45, 7) is 2.21. The molecule has 0 heterocycles. The number of halogens is 1. The summed E-state index contributed by atoms with van der Waals surface area (Å²) in [7, 11) is 0. The van der Waals surface area contributed by atoms with E-state index in [1.54, 1.807) is 0 Å². The molecule has 0 aliphatic heterocycles. The van der Waals surface area contributed by atoms with Crippen LogP contribution in [0.4, 0.5) is 0 Å². The van der Waals surface area contributed by atoms with E-state index in [0.717, 1.165) is 0 Å². The highest BCUT2D eigenvalue weighted by molar-refractivity contribution is 6.26. The topological polar surface area (TPSA) is 0 Å². The molecule has 9 heavy (non-hydrogen) atoms. The minimum Gasteiger partial charge on any atom is -0.119 e. The van der Waals surface area contributed by atoms with Crippen LogP contribution in [0.25, 0.3) is 0 Å². The predicted octanol–water partition coefficient (Wildman–Crippen LogP) is 3.15. The van der Waals surface area contributed by atoms with Gasteiger partial charge in [-0.05, 0) is 25.7 Å². The fourth-order valence-corrected chi connectivity index (χ4v) is 1.09. The van der Waals surface area contributed by atoms with Crippen molar-refractivity contribution >= 4 is 11.6 Å². The molecule has 1 radical (unpaired) electrons. The maximum atomic E-state index is 6.02. The van der Waals surface area contributed by atoms with Crippen molar-refractivity contribution in [3.8, 4) is 0 Å². The van der Waals surface area contributed by atoms with Gasteiger partial charge in [-0.1, -0.05) is 19.8 Å². The predicted molar refractivity (Wildman–Crippen MR) is 41.6 cm³/mol. The summed E-state index contributed by atoms with van der Waals surface area (Å²) in [5.41, 5.74) is 0. The average molecular weight is 146 g/mol. The van der Waals surface area contributed by atoms with Crippen LogP contribution < -0.4 is 0 Å². The summed E-state index contributed by atoms with van der Waals surface area (Å²) in [4.78, 5) is 0.148. The Hall–Kier alpha value is 0.290. The molecule has 1 rings (SSSR count). The lowest BCUT2D eigenvalue weighted by Crippen LogP contribution is -1.96. The molecule has 1 heteroatoms. The summed E-state index contributed by atoms with van der Waals surface area (Å²) < 4.78 is 0. The number of hydrogen-bond donors (Lipinski definition) is 0. The van der Waals surface area contributed by atoms with E-state index in [1.165, 1.54) is 32.1 Å². The molecule has 1 fully saturated rings. The minimum absolute atomic E-state index is 0.148. The molecule has 0 aromatic carbocycles. The maximum Gasteiger partial charge on any atom is 0.0479 e. The van der Waals surface area contributed by atoms with Crippen molar-refractivity contribution in [2.45, 2.75) is 43.9 Å². The van der Waals surface area contributed by atoms with Gasteiger partial charge in [-0.15, -0.1) is 11.6 Å². The monoisotopic (exact) mass is 145 g/mol. The summed E-state index contributed by atoms with van der Waals surface area (Å²) in [5, 5.41) is 0. The molecule has 0 amide bonds. The van der Waals surface area contributed by atoms with Crippen LogP contribution in [0.3, 0.4) is 0 Å². The molecule has 0 N–H and O–H groups in total. The third kappa shape index (κ3) is 2.57. The average Bonchev–Trinajstić information content (AvgIpc) is 2.50. The van der Waals surface area contributed by atoms with Crippen LogP contribution in [-0.2, 0) is 0 Å². The molecule has 1 aliphatic carbocycles. The molecule has 0 aromatic heterocycles. The van der Waals surface area contributed by atoms with E-state index in [2.05, 4.69) is 13.3 Å². The van der Waals surface area contributed by atoms with Crippen LogP contribution in [0.1, 0.15) is 39.0 Å². The van der Waals surface area contributed by atoms with Gasteiger partial charge in [0.15, 0.2) is 0 Å². The SMILES string of the molecule is CCCC[CH]C1(Cl)CC1. The highest BCUT2D eigenvalue weighted by Gasteiger charge is 2.39. The third-order valence-electron chi connectivity index (χ3n) is 1.80. The van der Waals surface area contributed by atoms with Gasteiger partial charge in [0.25, 0.3) is 0 Å². The van der Waals surface area contributed by atoms with Crippen molar-refractivity contribution < 1.29 is 0 Å². The smallest absolute Gasteiger partial charge is 0.0479 e. The van der Waals surface area contributed by atoms with Gasteiger partial charge in [0, 0.05) is 4.87 Å². The Kier molecular flexibility index (Phi) is 2.40. The second-order valence-corrected chi connectivity index (χ2v) is 3.63. The standard InChI is InChI=1S/C8H14Cl/c1-2-3-4-5-8(9)6-7-8/h5H,2-4,6-7H2,1H3. The van der Waals surface area contributed by atoms with Crippen LogP contribution >= 0.6 is 11.6 Å². The molecule has 0 nitrogen and oxygen atoms in total.